The maximum Gasteiger partial charge on any atom is 0.185 e. The summed E-state index contributed by atoms with van der Waals surface area (Å²) in [6.45, 7) is 4.63. The normalized spacial score (nSPS) is 25.2. The Morgan fingerprint density at radius 2 is 2.11 bits per heavy atom. The minimum absolute atomic E-state index is 0.475. The molecular formula is C14H24N4S. The van der Waals surface area contributed by atoms with Gasteiger partial charge in [0.25, 0.3) is 0 Å². The minimum atomic E-state index is 0.475. The zero-order chi connectivity index (χ0) is 13.2. The van der Waals surface area contributed by atoms with Crippen LogP contribution in [0.5, 0.6) is 0 Å². The summed E-state index contributed by atoms with van der Waals surface area (Å²) in [5.41, 5.74) is 1.33. The zero-order valence-electron chi connectivity index (χ0n) is 12.0. The Bertz CT molecular complexity index is 431. The lowest BCUT2D eigenvalue weighted by Gasteiger charge is -2.20. The molecule has 3 rings (SSSR count). The molecule has 0 amide bonds. The Morgan fingerprint density at radius 3 is 2.95 bits per heavy atom. The van der Waals surface area contributed by atoms with Crippen LogP contribution in [0, 0.1) is 0 Å². The Balaban J connectivity index is 1.80. The molecule has 1 atom stereocenters. The molecule has 106 valence electrons. The molecule has 4 nitrogen and oxygen atoms in total. The van der Waals surface area contributed by atoms with E-state index in [1.165, 1.54) is 47.9 Å². The van der Waals surface area contributed by atoms with Crippen LogP contribution < -0.4 is 10.2 Å². The highest BCUT2D eigenvalue weighted by Gasteiger charge is 2.25. The molecule has 2 aliphatic rings. The Kier molecular flexibility index (Phi) is 4.05. The van der Waals surface area contributed by atoms with Gasteiger partial charge in [-0.05, 0) is 46.3 Å². The first-order chi connectivity index (χ1) is 9.28. The van der Waals surface area contributed by atoms with Crippen molar-refractivity contribution >= 4 is 16.5 Å². The molecule has 0 saturated carbocycles. The molecule has 1 aliphatic heterocycles. The van der Waals surface area contributed by atoms with E-state index in [0.717, 1.165) is 19.6 Å². The number of hydrogen-bond donors (Lipinski definition) is 1. The number of hydrogen-bond acceptors (Lipinski definition) is 5. The van der Waals surface area contributed by atoms with Gasteiger partial charge in [-0.25, -0.2) is 4.98 Å². The first-order valence-corrected chi connectivity index (χ1v) is 8.20. The summed E-state index contributed by atoms with van der Waals surface area (Å²) in [7, 11) is 4.27. The summed E-state index contributed by atoms with van der Waals surface area (Å²) in [4.78, 5) is 11.4. The van der Waals surface area contributed by atoms with Crippen molar-refractivity contribution in [3.05, 3.63) is 10.6 Å². The molecule has 1 N–H and O–H groups in total. The second-order valence-corrected chi connectivity index (χ2v) is 6.74. The molecule has 1 fully saturated rings. The van der Waals surface area contributed by atoms with E-state index in [4.69, 9.17) is 4.98 Å². The zero-order valence-corrected chi connectivity index (χ0v) is 12.8. The van der Waals surface area contributed by atoms with E-state index < -0.39 is 0 Å². The van der Waals surface area contributed by atoms with Crippen molar-refractivity contribution in [1.82, 2.24) is 15.2 Å². The van der Waals surface area contributed by atoms with E-state index in [0.29, 0.717) is 6.04 Å². The molecule has 0 spiro atoms. The average molecular weight is 280 g/mol. The molecular weight excluding hydrogens is 256 g/mol. The third-order valence-corrected chi connectivity index (χ3v) is 5.47. The van der Waals surface area contributed by atoms with E-state index in [1.807, 2.05) is 11.3 Å². The average Bonchev–Trinajstić information content (AvgIpc) is 2.74. The van der Waals surface area contributed by atoms with Gasteiger partial charge >= 0.3 is 0 Å². The van der Waals surface area contributed by atoms with Crippen molar-refractivity contribution in [2.45, 2.75) is 31.7 Å². The minimum Gasteiger partial charge on any atom is -0.347 e. The highest BCUT2D eigenvalue weighted by atomic mass is 32.1. The first-order valence-electron chi connectivity index (χ1n) is 7.38. The van der Waals surface area contributed by atoms with E-state index in [1.54, 1.807) is 0 Å². The van der Waals surface area contributed by atoms with Crippen LogP contribution in [0.25, 0.3) is 0 Å². The molecule has 0 aromatic carbocycles. The van der Waals surface area contributed by atoms with Crippen LogP contribution >= 0.6 is 11.3 Å². The number of fused-ring (bicyclic) bond motifs is 1. The van der Waals surface area contributed by atoms with Gasteiger partial charge in [-0.2, -0.15) is 0 Å². The van der Waals surface area contributed by atoms with Gasteiger partial charge in [-0.1, -0.05) is 0 Å². The maximum absolute atomic E-state index is 4.96. The summed E-state index contributed by atoms with van der Waals surface area (Å²) in [5.74, 6) is 0. The molecule has 1 unspecified atom stereocenters. The molecule has 1 aliphatic carbocycles. The molecule has 1 aromatic heterocycles. The smallest absolute Gasteiger partial charge is 0.185 e. The number of thiazole rings is 1. The van der Waals surface area contributed by atoms with Gasteiger partial charge in [0.15, 0.2) is 5.13 Å². The van der Waals surface area contributed by atoms with Gasteiger partial charge in [0, 0.05) is 24.5 Å². The van der Waals surface area contributed by atoms with Crippen molar-refractivity contribution in [2.75, 3.05) is 45.2 Å². The maximum atomic E-state index is 4.96. The van der Waals surface area contributed by atoms with Gasteiger partial charge < -0.3 is 15.1 Å². The van der Waals surface area contributed by atoms with Gasteiger partial charge in [0.05, 0.1) is 11.7 Å². The Labute approximate surface area is 119 Å². The van der Waals surface area contributed by atoms with Crippen molar-refractivity contribution in [1.29, 1.82) is 0 Å². The number of aryl methyl sites for hydroxylation is 1. The van der Waals surface area contributed by atoms with Crippen LogP contribution in [0.15, 0.2) is 0 Å². The largest absolute Gasteiger partial charge is 0.347 e. The molecule has 0 radical (unpaired) electrons. The van der Waals surface area contributed by atoms with Crippen molar-refractivity contribution < 1.29 is 0 Å². The summed E-state index contributed by atoms with van der Waals surface area (Å²) >= 11 is 1.93. The SMILES string of the molecule is CNC1CCCc2sc(N3CCCN(C)CC3)nc21. The topological polar surface area (TPSA) is 31.4 Å². The van der Waals surface area contributed by atoms with Crippen molar-refractivity contribution in [2.24, 2.45) is 0 Å². The predicted octanol–water partition coefficient (Wildman–Crippen LogP) is 1.88. The molecule has 2 heterocycles. The quantitative estimate of drug-likeness (QED) is 0.896. The van der Waals surface area contributed by atoms with Crippen molar-refractivity contribution in [3.8, 4) is 0 Å². The summed E-state index contributed by atoms with van der Waals surface area (Å²) in [5, 5.41) is 4.67. The number of anilines is 1. The van der Waals surface area contributed by atoms with Crippen molar-refractivity contribution in [3.63, 3.8) is 0 Å². The van der Waals surface area contributed by atoms with Crippen LogP contribution in [0.2, 0.25) is 0 Å². The second kappa shape index (κ2) is 5.77. The van der Waals surface area contributed by atoms with Gasteiger partial charge in [-0.15, -0.1) is 11.3 Å². The lowest BCUT2D eigenvalue weighted by Crippen LogP contribution is -2.28. The highest BCUT2D eigenvalue weighted by Crippen LogP contribution is 2.36. The fourth-order valence-electron chi connectivity index (χ4n) is 3.06. The van der Waals surface area contributed by atoms with Crippen LogP contribution in [-0.4, -0.2) is 50.2 Å². The third kappa shape index (κ3) is 2.78. The summed E-state index contributed by atoms with van der Waals surface area (Å²) in [6.07, 6.45) is 4.99. The number of nitrogens with zero attached hydrogens (tertiary/aromatic N) is 3. The molecule has 1 saturated heterocycles. The predicted molar refractivity (Wildman–Crippen MR) is 81.2 cm³/mol. The van der Waals surface area contributed by atoms with Crippen LogP contribution in [0.1, 0.15) is 35.9 Å². The fraction of sp³-hybridized carbons (Fsp3) is 0.786. The first kappa shape index (κ1) is 13.3. The number of nitrogens with one attached hydrogen (secondary N) is 1. The number of likely N-dealkylation sites (N-methyl/N-ethyl adjacent to an activating group) is 1. The number of aromatic nitrogens is 1. The van der Waals surface area contributed by atoms with E-state index in [-0.39, 0.29) is 0 Å². The Hall–Kier alpha value is -0.650. The standard InChI is InChI=1S/C14H24N4S/c1-15-11-5-3-6-12-13(11)16-14(19-12)18-8-4-7-17(2)9-10-18/h11,15H,3-10H2,1-2H3. The van der Waals surface area contributed by atoms with Crippen LogP contribution in [0.4, 0.5) is 5.13 Å². The van der Waals surface area contributed by atoms with E-state index >= 15 is 0 Å². The van der Waals surface area contributed by atoms with Crippen LogP contribution in [-0.2, 0) is 6.42 Å². The second-order valence-electron chi connectivity index (χ2n) is 5.68. The highest BCUT2D eigenvalue weighted by molar-refractivity contribution is 7.15. The fourth-order valence-corrected chi connectivity index (χ4v) is 4.27. The molecule has 0 bridgehead atoms. The number of rotatable bonds is 2. The van der Waals surface area contributed by atoms with Gasteiger partial charge in [0.2, 0.25) is 0 Å². The van der Waals surface area contributed by atoms with E-state index in [9.17, 15) is 0 Å². The molecule has 5 heteroatoms. The lowest BCUT2D eigenvalue weighted by atomic mass is 9.98. The van der Waals surface area contributed by atoms with Crippen LogP contribution in [0.3, 0.4) is 0 Å². The van der Waals surface area contributed by atoms with Gasteiger partial charge in [-0.3, -0.25) is 0 Å². The monoisotopic (exact) mass is 280 g/mol. The molecule has 19 heavy (non-hydrogen) atoms. The lowest BCUT2D eigenvalue weighted by molar-refractivity contribution is 0.360. The Morgan fingerprint density at radius 1 is 1.21 bits per heavy atom. The third-order valence-electron chi connectivity index (χ3n) is 4.28. The van der Waals surface area contributed by atoms with Gasteiger partial charge in [0.1, 0.15) is 0 Å². The summed E-state index contributed by atoms with van der Waals surface area (Å²) < 4.78 is 0. The molecule has 1 aromatic rings. The summed E-state index contributed by atoms with van der Waals surface area (Å²) in [6, 6.07) is 0.475. The van der Waals surface area contributed by atoms with E-state index in [2.05, 4.69) is 29.2 Å².